The summed E-state index contributed by atoms with van der Waals surface area (Å²) in [6.45, 7) is 4.25. The van der Waals surface area contributed by atoms with Crippen LogP contribution in [0.1, 0.15) is 38.1 Å². The maximum Gasteiger partial charge on any atom is 0.127 e. The Balaban J connectivity index is 2.06. The molecule has 3 N–H and O–H groups in total. The molecule has 3 heteroatoms. The molecule has 1 unspecified atom stereocenters. The second-order valence-corrected chi connectivity index (χ2v) is 5.35. The van der Waals surface area contributed by atoms with Gasteiger partial charge in [0.25, 0.3) is 0 Å². The number of nitrogens with one attached hydrogen (secondary N) is 1. The Morgan fingerprint density at radius 2 is 2.24 bits per heavy atom. The number of aromatic nitrogens is 2. The average Bonchev–Trinajstić information content (AvgIpc) is 3.08. The maximum atomic E-state index is 6.38. The minimum atomic E-state index is -0.300. The van der Waals surface area contributed by atoms with E-state index in [1.54, 1.807) is 0 Å². The minimum Gasteiger partial charge on any atom is -0.340 e. The molecule has 1 aliphatic carbocycles. The van der Waals surface area contributed by atoms with Gasteiger partial charge in [-0.2, -0.15) is 0 Å². The number of imidazole rings is 1. The van der Waals surface area contributed by atoms with Crippen molar-refractivity contribution in [3.8, 4) is 0 Å². The first-order valence-electron chi connectivity index (χ1n) is 6.39. The van der Waals surface area contributed by atoms with E-state index in [1.807, 2.05) is 0 Å². The van der Waals surface area contributed by atoms with Crippen molar-refractivity contribution >= 4 is 11.0 Å². The summed E-state index contributed by atoms with van der Waals surface area (Å²) in [5, 5.41) is 0. The van der Waals surface area contributed by atoms with Gasteiger partial charge in [-0.15, -0.1) is 0 Å². The van der Waals surface area contributed by atoms with E-state index in [4.69, 9.17) is 5.73 Å². The number of fused-ring (bicyclic) bond motifs is 1. The first-order chi connectivity index (χ1) is 8.11. The Hall–Kier alpha value is -1.35. The lowest BCUT2D eigenvalue weighted by molar-refractivity contribution is 0.405. The quantitative estimate of drug-likeness (QED) is 0.850. The zero-order valence-electron chi connectivity index (χ0n) is 10.5. The van der Waals surface area contributed by atoms with Crippen molar-refractivity contribution in [2.24, 2.45) is 11.7 Å². The highest BCUT2D eigenvalue weighted by atomic mass is 15.0. The summed E-state index contributed by atoms with van der Waals surface area (Å²) >= 11 is 0. The van der Waals surface area contributed by atoms with Crippen LogP contribution in [-0.4, -0.2) is 9.97 Å². The second-order valence-electron chi connectivity index (χ2n) is 5.35. The predicted octanol–water partition coefficient (Wildman–Crippen LogP) is 2.71. The van der Waals surface area contributed by atoms with E-state index in [2.05, 4.69) is 42.0 Å². The highest BCUT2D eigenvalue weighted by Crippen LogP contribution is 2.43. The zero-order valence-corrected chi connectivity index (χ0v) is 10.5. The highest BCUT2D eigenvalue weighted by molar-refractivity contribution is 5.76. The van der Waals surface area contributed by atoms with Gasteiger partial charge in [0.15, 0.2) is 0 Å². The number of aromatic amines is 1. The molecule has 1 fully saturated rings. The molecule has 1 heterocycles. The third-order valence-corrected chi connectivity index (χ3v) is 3.89. The van der Waals surface area contributed by atoms with Crippen molar-refractivity contribution in [3.63, 3.8) is 0 Å². The summed E-state index contributed by atoms with van der Waals surface area (Å²) in [6.07, 6.45) is 3.50. The Morgan fingerprint density at radius 1 is 1.47 bits per heavy atom. The molecule has 1 aromatic heterocycles. The van der Waals surface area contributed by atoms with Crippen molar-refractivity contribution in [2.75, 3.05) is 0 Å². The van der Waals surface area contributed by atoms with E-state index in [-0.39, 0.29) is 5.54 Å². The van der Waals surface area contributed by atoms with Gasteiger partial charge < -0.3 is 10.7 Å². The molecule has 1 atom stereocenters. The van der Waals surface area contributed by atoms with Crippen molar-refractivity contribution in [3.05, 3.63) is 29.6 Å². The van der Waals surface area contributed by atoms with E-state index >= 15 is 0 Å². The van der Waals surface area contributed by atoms with Crippen LogP contribution < -0.4 is 5.73 Å². The molecule has 0 saturated heterocycles. The van der Waals surface area contributed by atoms with Crippen LogP contribution in [-0.2, 0) is 12.0 Å². The lowest BCUT2D eigenvalue weighted by Gasteiger charge is -2.21. The van der Waals surface area contributed by atoms with Gasteiger partial charge in [0.2, 0.25) is 0 Å². The molecule has 1 aliphatic rings. The van der Waals surface area contributed by atoms with Crippen LogP contribution in [0.4, 0.5) is 0 Å². The highest BCUT2D eigenvalue weighted by Gasteiger charge is 2.41. The largest absolute Gasteiger partial charge is 0.340 e. The summed E-state index contributed by atoms with van der Waals surface area (Å²) in [5.41, 5.74) is 9.55. The number of aryl methyl sites for hydroxylation is 1. The standard InChI is InChI=1S/C14H19N3/c1-3-9-4-7-11-12(8-9)17-13(16-11)14(2,15)10-5-6-10/h4,7-8,10H,3,5-6,15H2,1-2H3,(H,16,17). The van der Waals surface area contributed by atoms with E-state index in [9.17, 15) is 0 Å². The number of nitrogens with two attached hydrogens (primary N) is 1. The van der Waals surface area contributed by atoms with Gasteiger partial charge in [-0.25, -0.2) is 4.98 Å². The number of rotatable bonds is 3. The Morgan fingerprint density at radius 3 is 2.88 bits per heavy atom. The normalized spacial score (nSPS) is 19.5. The fourth-order valence-electron chi connectivity index (χ4n) is 2.41. The fraction of sp³-hybridized carbons (Fsp3) is 0.500. The van der Waals surface area contributed by atoms with Crippen molar-refractivity contribution < 1.29 is 0 Å². The smallest absolute Gasteiger partial charge is 0.127 e. The zero-order chi connectivity index (χ0) is 12.0. The van der Waals surface area contributed by atoms with Crippen molar-refractivity contribution in [2.45, 2.75) is 38.6 Å². The number of hydrogen-bond donors (Lipinski definition) is 2. The number of H-pyrrole nitrogens is 1. The minimum absolute atomic E-state index is 0.300. The number of benzene rings is 1. The molecule has 0 bridgehead atoms. The van der Waals surface area contributed by atoms with Crippen molar-refractivity contribution in [1.82, 2.24) is 9.97 Å². The van der Waals surface area contributed by atoms with Crippen LogP contribution in [0.15, 0.2) is 18.2 Å². The Bertz CT molecular complexity index is 550. The average molecular weight is 229 g/mol. The molecular weight excluding hydrogens is 210 g/mol. The van der Waals surface area contributed by atoms with Crippen LogP contribution in [0, 0.1) is 5.92 Å². The van der Waals surface area contributed by atoms with Gasteiger partial charge in [-0.05, 0) is 49.8 Å². The molecule has 0 amide bonds. The summed E-state index contributed by atoms with van der Waals surface area (Å²) in [6, 6.07) is 6.39. The van der Waals surface area contributed by atoms with E-state index in [0.717, 1.165) is 23.3 Å². The van der Waals surface area contributed by atoms with E-state index in [0.29, 0.717) is 5.92 Å². The topological polar surface area (TPSA) is 54.7 Å². The molecule has 3 rings (SSSR count). The number of nitrogens with zero attached hydrogens (tertiary/aromatic N) is 1. The van der Waals surface area contributed by atoms with E-state index < -0.39 is 0 Å². The third-order valence-electron chi connectivity index (χ3n) is 3.89. The second kappa shape index (κ2) is 3.57. The summed E-state index contributed by atoms with van der Waals surface area (Å²) < 4.78 is 0. The first kappa shape index (κ1) is 10.8. The summed E-state index contributed by atoms with van der Waals surface area (Å²) in [7, 11) is 0. The molecule has 90 valence electrons. The van der Waals surface area contributed by atoms with Crippen LogP contribution in [0.3, 0.4) is 0 Å². The van der Waals surface area contributed by atoms with Gasteiger partial charge in [-0.3, -0.25) is 0 Å². The Labute approximate surface area is 101 Å². The van der Waals surface area contributed by atoms with Crippen LogP contribution in [0.5, 0.6) is 0 Å². The molecule has 1 aromatic carbocycles. The monoisotopic (exact) mass is 229 g/mol. The van der Waals surface area contributed by atoms with Crippen LogP contribution in [0.25, 0.3) is 11.0 Å². The van der Waals surface area contributed by atoms with Crippen LogP contribution >= 0.6 is 0 Å². The molecule has 0 radical (unpaired) electrons. The summed E-state index contributed by atoms with van der Waals surface area (Å²) in [5.74, 6) is 1.52. The molecule has 2 aromatic rings. The predicted molar refractivity (Wildman–Crippen MR) is 69.7 cm³/mol. The summed E-state index contributed by atoms with van der Waals surface area (Å²) in [4.78, 5) is 8.04. The fourth-order valence-corrected chi connectivity index (χ4v) is 2.41. The molecule has 3 nitrogen and oxygen atoms in total. The molecule has 0 spiro atoms. The molecular formula is C14H19N3. The van der Waals surface area contributed by atoms with Gasteiger partial charge in [0.1, 0.15) is 5.82 Å². The first-order valence-corrected chi connectivity index (χ1v) is 6.39. The van der Waals surface area contributed by atoms with Gasteiger partial charge in [-0.1, -0.05) is 13.0 Å². The molecule has 1 saturated carbocycles. The lowest BCUT2D eigenvalue weighted by atomic mass is 9.97. The van der Waals surface area contributed by atoms with Gasteiger partial charge in [0, 0.05) is 0 Å². The third kappa shape index (κ3) is 1.75. The van der Waals surface area contributed by atoms with Crippen LogP contribution in [0.2, 0.25) is 0 Å². The van der Waals surface area contributed by atoms with Gasteiger partial charge in [0.05, 0.1) is 16.6 Å². The number of hydrogen-bond acceptors (Lipinski definition) is 2. The SMILES string of the molecule is CCc1ccc2nc(C(C)(N)C3CC3)[nH]c2c1. The molecule has 17 heavy (non-hydrogen) atoms. The lowest BCUT2D eigenvalue weighted by Crippen LogP contribution is -2.36. The van der Waals surface area contributed by atoms with Crippen molar-refractivity contribution in [1.29, 1.82) is 0 Å². The Kier molecular flexibility index (Phi) is 2.26. The molecule has 0 aliphatic heterocycles. The maximum absolute atomic E-state index is 6.38. The van der Waals surface area contributed by atoms with E-state index in [1.165, 1.54) is 18.4 Å². The van der Waals surface area contributed by atoms with Gasteiger partial charge >= 0.3 is 0 Å².